The molecule has 1 aliphatic heterocycles. The molecule has 2 aromatic heterocycles. The molecule has 0 saturated carbocycles. The molecule has 0 aliphatic carbocycles. The Kier molecular flexibility index (Phi) is 7.49. The largest absolute Gasteiger partial charge is 0.370 e. The van der Waals surface area contributed by atoms with Gasteiger partial charge in [-0.1, -0.05) is 30.3 Å². The van der Waals surface area contributed by atoms with Crippen molar-refractivity contribution in [3.63, 3.8) is 0 Å². The van der Waals surface area contributed by atoms with Crippen LogP contribution in [-0.4, -0.2) is 53.5 Å². The normalized spacial score (nSPS) is 17.2. The molecule has 1 unspecified atom stereocenters. The van der Waals surface area contributed by atoms with Crippen LogP contribution in [0.4, 0.5) is 0 Å². The highest BCUT2D eigenvalue weighted by Gasteiger charge is 2.25. The first-order valence-electron chi connectivity index (χ1n) is 9.80. The van der Waals surface area contributed by atoms with E-state index in [0.29, 0.717) is 6.61 Å². The standard InChI is InChI=1S/C22H27N5O.HI/c1-17-7-3-4-8-19(17)20-16-27(13-14-28-20)22(23-2)24-11-10-18-15-26-12-6-5-9-21(26)25-18;/h3-9,12,15,20H,10-11,13-14,16H2,1-2H3,(H,23,24);1H. The first-order chi connectivity index (χ1) is 13.7. The van der Waals surface area contributed by atoms with E-state index in [0.717, 1.165) is 43.4 Å². The molecule has 7 heteroatoms. The minimum Gasteiger partial charge on any atom is -0.370 e. The van der Waals surface area contributed by atoms with Crippen molar-refractivity contribution in [1.82, 2.24) is 19.6 Å². The molecule has 0 spiro atoms. The van der Waals surface area contributed by atoms with Crippen molar-refractivity contribution in [1.29, 1.82) is 0 Å². The van der Waals surface area contributed by atoms with Crippen molar-refractivity contribution < 1.29 is 4.74 Å². The molecule has 4 rings (SSSR count). The number of fused-ring (bicyclic) bond motifs is 1. The van der Waals surface area contributed by atoms with E-state index in [9.17, 15) is 0 Å². The van der Waals surface area contributed by atoms with E-state index in [4.69, 9.17) is 4.74 Å². The van der Waals surface area contributed by atoms with Gasteiger partial charge in [-0.2, -0.15) is 0 Å². The lowest BCUT2D eigenvalue weighted by Crippen LogP contribution is -2.48. The van der Waals surface area contributed by atoms with Gasteiger partial charge in [-0.25, -0.2) is 4.98 Å². The fraction of sp³-hybridized carbons (Fsp3) is 0.364. The highest BCUT2D eigenvalue weighted by atomic mass is 127. The van der Waals surface area contributed by atoms with Gasteiger partial charge in [0.1, 0.15) is 11.8 Å². The average Bonchev–Trinajstić information content (AvgIpc) is 3.14. The van der Waals surface area contributed by atoms with Gasteiger partial charge >= 0.3 is 0 Å². The highest BCUT2D eigenvalue weighted by Crippen LogP contribution is 2.24. The number of nitrogens with zero attached hydrogens (tertiary/aromatic N) is 4. The maximum absolute atomic E-state index is 6.04. The van der Waals surface area contributed by atoms with E-state index >= 15 is 0 Å². The Balaban J connectivity index is 0.00000240. The predicted molar refractivity (Wildman–Crippen MR) is 127 cm³/mol. The zero-order valence-corrected chi connectivity index (χ0v) is 19.2. The summed E-state index contributed by atoms with van der Waals surface area (Å²) in [6.07, 6.45) is 5.04. The molecule has 154 valence electrons. The molecule has 1 saturated heterocycles. The molecule has 1 aliphatic rings. The maximum Gasteiger partial charge on any atom is 0.193 e. The number of aromatic nitrogens is 2. The van der Waals surface area contributed by atoms with Crippen LogP contribution in [0.25, 0.3) is 5.65 Å². The molecule has 0 radical (unpaired) electrons. The quantitative estimate of drug-likeness (QED) is 0.336. The Hall–Kier alpha value is -2.13. The van der Waals surface area contributed by atoms with Crippen molar-refractivity contribution >= 4 is 35.6 Å². The average molecular weight is 505 g/mol. The SMILES string of the molecule is CN=C(NCCc1cn2ccccc2n1)N1CCOC(c2ccccc2C)C1.I. The van der Waals surface area contributed by atoms with Gasteiger partial charge in [-0.3, -0.25) is 4.99 Å². The number of aryl methyl sites for hydroxylation is 1. The Morgan fingerprint density at radius 2 is 2.07 bits per heavy atom. The second-order valence-corrected chi connectivity index (χ2v) is 7.08. The molecular formula is C22H28IN5O. The van der Waals surface area contributed by atoms with Crippen LogP contribution in [0.3, 0.4) is 0 Å². The fourth-order valence-electron chi connectivity index (χ4n) is 3.72. The van der Waals surface area contributed by atoms with E-state index in [1.165, 1.54) is 11.1 Å². The number of rotatable bonds is 4. The third-order valence-corrected chi connectivity index (χ3v) is 5.19. The van der Waals surface area contributed by atoms with Gasteiger partial charge in [0.25, 0.3) is 0 Å². The summed E-state index contributed by atoms with van der Waals surface area (Å²) in [5.74, 6) is 0.922. The van der Waals surface area contributed by atoms with Crippen LogP contribution in [0.15, 0.2) is 59.9 Å². The van der Waals surface area contributed by atoms with Crippen LogP contribution < -0.4 is 5.32 Å². The highest BCUT2D eigenvalue weighted by molar-refractivity contribution is 14.0. The number of ether oxygens (including phenoxy) is 1. The molecule has 1 atom stereocenters. The summed E-state index contributed by atoms with van der Waals surface area (Å²) in [7, 11) is 1.84. The Morgan fingerprint density at radius 3 is 2.86 bits per heavy atom. The molecule has 1 aromatic carbocycles. The summed E-state index contributed by atoms with van der Waals surface area (Å²) in [4.78, 5) is 11.4. The summed E-state index contributed by atoms with van der Waals surface area (Å²) < 4.78 is 8.09. The zero-order chi connectivity index (χ0) is 19.3. The van der Waals surface area contributed by atoms with Gasteiger partial charge in [0.05, 0.1) is 18.8 Å². The zero-order valence-electron chi connectivity index (χ0n) is 16.9. The molecule has 29 heavy (non-hydrogen) atoms. The Bertz CT molecular complexity index is 938. The van der Waals surface area contributed by atoms with Gasteiger partial charge in [0, 0.05) is 39.0 Å². The number of halogens is 1. The van der Waals surface area contributed by atoms with Crippen LogP contribution in [0.1, 0.15) is 22.9 Å². The van der Waals surface area contributed by atoms with Gasteiger partial charge in [-0.15, -0.1) is 24.0 Å². The lowest BCUT2D eigenvalue weighted by atomic mass is 10.0. The smallest absolute Gasteiger partial charge is 0.193 e. The van der Waals surface area contributed by atoms with Crippen molar-refractivity contribution in [3.05, 3.63) is 71.7 Å². The molecule has 1 fully saturated rings. The third-order valence-electron chi connectivity index (χ3n) is 5.19. The third kappa shape index (κ3) is 5.08. The van der Waals surface area contributed by atoms with Gasteiger partial charge in [-0.05, 0) is 30.2 Å². The number of morpholine rings is 1. The summed E-state index contributed by atoms with van der Waals surface area (Å²) in [5.41, 5.74) is 4.58. The van der Waals surface area contributed by atoms with Crippen molar-refractivity contribution in [2.24, 2.45) is 4.99 Å². The van der Waals surface area contributed by atoms with Crippen LogP contribution in [0.5, 0.6) is 0 Å². The van der Waals surface area contributed by atoms with Crippen molar-refractivity contribution in [2.45, 2.75) is 19.4 Å². The monoisotopic (exact) mass is 505 g/mol. The lowest BCUT2D eigenvalue weighted by molar-refractivity contribution is -0.00829. The molecular weight excluding hydrogens is 477 g/mol. The minimum atomic E-state index is 0. The van der Waals surface area contributed by atoms with Gasteiger partial charge in [0.15, 0.2) is 5.96 Å². The molecule has 0 amide bonds. The number of pyridine rings is 1. The topological polar surface area (TPSA) is 54.2 Å². The van der Waals surface area contributed by atoms with Gasteiger partial charge < -0.3 is 19.4 Å². The van der Waals surface area contributed by atoms with Crippen LogP contribution in [0.2, 0.25) is 0 Å². The summed E-state index contributed by atoms with van der Waals surface area (Å²) >= 11 is 0. The summed E-state index contributed by atoms with van der Waals surface area (Å²) in [6.45, 7) is 5.28. The van der Waals surface area contributed by atoms with E-state index in [2.05, 4.69) is 62.0 Å². The second kappa shape index (κ2) is 10.1. The minimum absolute atomic E-state index is 0. The number of guanidine groups is 1. The first kappa shape index (κ1) is 21.6. The number of aliphatic imine (C=N–C) groups is 1. The molecule has 6 nitrogen and oxygen atoms in total. The number of hydrogen-bond acceptors (Lipinski definition) is 3. The van der Waals surface area contributed by atoms with Gasteiger partial charge in [0.2, 0.25) is 0 Å². The molecule has 3 heterocycles. The van der Waals surface area contributed by atoms with E-state index in [1.54, 1.807) is 0 Å². The van der Waals surface area contributed by atoms with Crippen LogP contribution in [0, 0.1) is 6.92 Å². The van der Waals surface area contributed by atoms with Crippen molar-refractivity contribution in [2.75, 3.05) is 33.3 Å². The lowest BCUT2D eigenvalue weighted by Gasteiger charge is -2.35. The fourth-order valence-corrected chi connectivity index (χ4v) is 3.72. The van der Waals surface area contributed by atoms with Crippen LogP contribution in [-0.2, 0) is 11.2 Å². The Labute approximate surface area is 189 Å². The summed E-state index contributed by atoms with van der Waals surface area (Å²) in [5, 5.41) is 3.49. The molecule has 1 N–H and O–H groups in total. The van der Waals surface area contributed by atoms with E-state index in [-0.39, 0.29) is 30.1 Å². The second-order valence-electron chi connectivity index (χ2n) is 7.08. The molecule has 3 aromatic rings. The first-order valence-corrected chi connectivity index (χ1v) is 9.80. The number of hydrogen-bond donors (Lipinski definition) is 1. The van der Waals surface area contributed by atoms with Crippen LogP contribution >= 0.6 is 24.0 Å². The van der Waals surface area contributed by atoms with E-state index < -0.39 is 0 Å². The molecule has 0 bridgehead atoms. The predicted octanol–water partition coefficient (Wildman–Crippen LogP) is 3.45. The number of nitrogens with one attached hydrogen (secondary N) is 1. The van der Waals surface area contributed by atoms with E-state index in [1.807, 2.05) is 31.4 Å². The summed E-state index contributed by atoms with van der Waals surface area (Å²) in [6, 6.07) is 14.5. The maximum atomic E-state index is 6.04. The Morgan fingerprint density at radius 1 is 1.24 bits per heavy atom. The number of imidazole rings is 1. The number of benzene rings is 1. The van der Waals surface area contributed by atoms with Crippen molar-refractivity contribution in [3.8, 4) is 0 Å².